The average molecular weight is 335 g/mol. The lowest BCUT2D eigenvalue weighted by atomic mass is 10.2. The summed E-state index contributed by atoms with van der Waals surface area (Å²) in [6.45, 7) is 4.03. The first-order valence-electron chi connectivity index (χ1n) is 7.71. The number of nitro groups is 1. The van der Waals surface area contributed by atoms with E-state index >= 15 is 0 Å². The summed E-state index contributed by atoms with van der Waals surface area (Å²) in [6.07, 6.45) is 3.12. The van der Waals surface area contributed by atoms with E-state index in [0.29, 0.717) is 0 Å². The summed E-state index contributed by atoms with van der Waals surface area (Å²) < 4.78 is 2.13. The van der Waals surface area contributed by atoms with Crippen molar-refractivity contribution < 1.29 is 4.92 Å². The Morgan fingerprint density at radius 1 is 1.20 bits per heavy atom. The molecule has 0 spiro atoms. The topological polar surface area (TPSA) is 85.3 Å². The van der Waals surface area contributed by atoms with E-state index in [-0.39, 0.29) is 11.5 Å². The molecule has 0 bridgehead atoms. The molecule has 0 aliphatic carbocycles. The van der Waals surface area contributed by atoms with Crippen LogP contribution in [0.3, 0.4) is 0 Å². The second-order valence-electron chi connectivity index (χ2n) is 5.50. The Morgan fingerprint density at radius 2 is 1.96 bits per heavy atom. The summed E-state index contributed by atoms with van der Waals surface area (Å²) in [5.74, 6) is 0.112. The molecule has 3 aromatic rings. The molecule has 0 amide bonds. The van der Waals surface area contributed by atoms with Crippen LogP contribution in [0.5, 0.6) is 0 Å². The Balaban J connectivity index is 1.85. The summed E-state index contributed by atoms with van der Waals surface area (Å²) in [7, 11) is 0. The van der Waals surface area contributed by atoms with Gasteiger partial charge in [-0.3, -0.25) is 15.5 Å². The van der Waals surface area contributed by atoms with Gasteiger partial charge in [0.1, 0.15) is 0 Å². The zero-order chi connectivity index (χ0) is 17.8. The SMILES string of the molecule is Cc1cc(/C=N/Nc2ncccc2[N+](=O)[O-])c(C)n1-c1ccccc1. The lowest BCUT2D eigenvalue weighted by molar-refractivity contribution is -0.384. The summed E-state index contributed by atoms with van der Waals surface area (Å²) in [6, 6.07) is 14.9. The van der Waals surface area contributed by atoms with Crippen molar-refractivity contribution in [3.8, 4) is 5.69 Å². The van der Waals surface area contributed by atoms with Crippen LogP contribution in [-0.2, 0) is 0 Å². The van der Waals surface area contributed by atoms with E-state index in [9.17, 15) is 10.1 Å². The van der Waals surface area contributed by atoms with Crippen molar-refractivity contribution in [3.05, 3.63) is 81.8 Å². The number of para-hydroxylation sites is 1. The molecule has 1 aromatic carbocycles. The summed E-state index contributed by atoms with van der Waals surface area (Å²) >= 11 is 0. The molecule has 0 radical (unpaired) electrons. The van der Waals surface area contributed by atoms with E-state index in [4.69, 9.17) is 0 Å². The smallest absolute Gasteiger partial charge is 0.313 e. The first-order chi connectivity index (χ1) is 12.1. The van der Waals surface area contributed by atoms with Gasteiger partial charge in [0.05, 0.1) is 11.1 Å². The van der Waals surface area contributed by atoms with Gasteiger partial charge in [-0.1, -0.05) is 18.2 Å². The highest BCUT2D eigenvalue weighted by Gasteiger charge is 2.13. The normalized spacial score (nSPS) is 11.0. The fourth-order valence-corrected chi connectivity index (χ4v) is 2.69. The van der Waals surface area contributed by atoms with Gasteiger partial charge in [-0.15, -0.1) is 0 Å². The van der Waals surface area contributed by atoms with Gasteiger partial charge in [0.15, 0.2) is 0 Å². The van der Waals surface area contributed by atoms with Crippen molar-refractivity contribution in [2.45, 2.75) is 13.8 Å². The van der Waals surface area contributed by atoms with Gasteiger partial charge in [-0.25, -0.2) is 4.98 Å². The van der Waals surface area contributed by atoms with Crippen molar-refractivity contribution >= 4 is 17.7 Å². The van der Waals surface area contributed by atoms with Gasteiger partial charge >= 0.3 is 5.69 Å². The fraction of sp³-hybridized carbons (Fsp3) is 0.111. The molecule has 2 heterocycles. The number of anilines is 1. The number of hydrogen-bond acceptors (Lipinski definition) is 5. The number of hydrazone groups is 1. The number of pyridine rings is 1. The van der Waals surface area contributed by atoms with Crippen molar-refractivity contribution in [1.82, 2.24) is 9.55 Å². The number of benzene rings is 1. The van der Waals surface area contributed by atoms with E-state index in [0.717, 1.165) is 22.6 Å². The second kappa shape index (κ2) is 6.96. The first kappa shape index (κ1) is 16.4. The van der Waals surface area contributed by atoms with Crippen LogP contribution in [0.25, 0.3) is 5.69 Å². The zero-order valence-corrected chi connectivity index (χ0v) is 13.9. The molecule has 0 unspecified atom stereocenters. The fourth-order valence-electron chi connectivity index (χ4n) is 2.69. The van der Waals surface area contributed by atoms with E-state index in [1.807, 2.05) is 50.2 Å². The third-order valence-corrected chi connectivity index (χ3v) is 3.84. The average Bonchev–Trinajstić information content (AvgIpc) is 2.90. The van der Waals surface area contributed by atoms with Crippen LogP contribution in [-0.4, -0.2) is 20.7 Å². The minimum atomic E-state index is -0.494. The van der Waals surface area contributed by atoms with Crippen molar-refractivity contribution in [3.63, 3.8) is 0 Å². The maximum absolute atomic E-state index is 11.0. The predicted molar refractivity (Wildman–Crippen MR) is 97.4 cm³/mol. The molecule has 2 aromatic heterocycles. The Kier molecular flexibility index (Phi) is 4.56. The molecule has 0 atom stereocenters. The molecule has 0 aliphatic rings. The molecule has 0 aliphatic heterocycles. The first-order valence-corrected chi connectivity index (χ1v) is 7.71. The number of hydrogen-bond donors (Lipinski definition) is 1. The summed E-state index contributed by atoms with van der Waals surface area (Å²) in [4.78, 5) is 14.4. The highest BCUT2D eigenvalue weighted by Crippen LogP contribution is 2.21. The minimum Gasteiger partial charge on any atom is -0.318 e. The van der Waals surface area contributed by atoms with Gasteiger partial charge in [0, 0.05) is 34.9 Å². The van der Waals surface area contributed by atoms with Crippen LogP contribution in [0.15, 0.2) is 59.8 Å². The third-order valence-electron chi connectivity index (χ3n) is 3.84. The highest BCUT2D eigenvalue weighted by atomic mass is 16.6. The maximum atomic E-state index is 11.0. The molecule has 3 rings (SSSR count). The van der Waals surface area contributed by atoms with Gasteiger partial charge in [0.2, 0.25) is 5.82 Å². The van der Waals surface area contributed by atoms with E-state index < -0.39 is 4.92 Å². The highest BCUT2D eigenvalue weighted by molar-refractivity contribution is 5.82. The third kappa shape index (κ3) is 3.40. The molecule has 0 fully saturated rings. The summed E-state index contributed by atoms with van der Waals surface area (Å²) in [5.41, 5.74) is 6.64. The van der Waals surface area contributed by atoms with Crippen molar-refractivity contribution in [2.24, 2.45) is 5.10 Å². The molecule has 126 valence electrons. The molecule has 7 heteroatoms. The monoisotopic (exact) mass is 335 g/mol. The Labute approximate surface area is 144 Å². The Hall–Kier alpha value is -3.48. The van der Waals surface area contributed by atoms with E-state index in [2.05, 4.69) is 20.1 Å². The van der Waals surface area contributed by atoms with Crippen LogP contribution in [0, 0.1) is 24.0 Å². The Bertz CT molecular complexity index is 932. The molecule has 1 N–H and O–H groups in total. The number of rotatable bonds is 5. The number of nitrogens with one attached hydrogen (secondary N) is 1. The van der Waals surface area contributed by atoms with Gasteiger partial charge < -0.3 is 4.57 Å². The minimum absolute atomic E-state index is 0.112. The van der Waals surface area contributed by atoms with E-state index in [1.54, 1.807) is 6.21 Å². The zero-order valence-electron chi connectivity index (χ0n) is 13.9. The Morgan fingerprint density at radius 3 is 2.68 bits per heavy atom. The van der Waals surface area contributed by atoms with Crippen LogP contribution in [0.4, 0.5) is 11.5 Å². The number of nitrogens with zero attached hydrogens (tertiary/aromatic N) is 4. The van der Waals surface area contributed by atoms with E-state index in [1.165, 1.54) is 18.3 Å². The second-order valence-corrected chi connectivity index (χ2v) is 5.50. The van der Waals surface area contributed by atoms with Gasteiger partial charge in [-0.05, 0) is 38.1 Å². The standard InChI is InChI=1S/C18H17N5O2/c1-13-11-15(14(2)22(13)16-7-4-3-5-8-16)12-20-21-18-17(23(24)25)9-6-10-19-18/h3-12H,1-2H3,(H,19,21)/b20-12+. The number of aromatic nitrogens is 2. The molecule has 0 saturated heterocycles. The molecule has 0 saturated carbocycles. The van der Waals surface area contributed by atoms with Crippen LogP contribution in [0.2, 0.25) is 0 Å². The molecule has 7 nitrogen and oxygen atoms in total. The van der Waals surface area contributed by atoms with Gasteiger partial charge in [0.25, 0.3) is 0 Å². The predicted octanol–water partition coefficient (Wildman–Crippen LogP) is 3.84. The quantitative estimate of drug-likeness (QED) is 0.436. The lowest BCUT2D eigenvalue weighted by Gasteiger charge is -2.08. The van der Waals surface area contributed by atoms with Gasteiger partial charge in [-0.2, -0.15) is 5.10 Å². The van der Waals surface area contributed by atoms with Crippen molar-refractivity contribution in [2.75, 3.05) is 5.43 Å². The lowest BCUT2D eigenvalue weighted by Crippen LogP contribution is -2.00. The largest absolute Gasteiger partial charge is 0.318 e. The van der Waals surface area contributed by atoms with Crippen molar-refractivity contribution in [1.29, 1.82) is 0 Å². The number of aryl methyl sites for hydroxylation is 1. The van der Waals surface area contributed by atoms with Crippen LogP contribution < -0.4 is 5.43 Å². The van der Waals surface area contributed by atoms with Crippen LogP contribution in [0.1, 0.15) is 17.0 Å². The molecular weight excluding hydrogens is 318 g/mol. The molecule has 25 heavy (non-hydrogen) atoms. The maximum Gasteiger partial charge on any atom is 0.313 e. The summed E-state index contributed by atoms with van der Waals surface area (Å²) in [5, 5.41) is 15.1. The van der Waals surface area contributed by atoms with Crippen LogP contribution >= 0.6 is 0 Å². The molecular formula is C18H17N5O2.